The monoisotopic (exact) mass is 484 g/mol. The van der Waals surface area contributed by atoms with Gasteiger partial charge in [0.2, 0.25) is 5.75 Å². The summed E-state index contributed by atoms with van der Waals surface area (Å²) in [5.74, 6) is 0.544. The minimum absolute atomic E-state index is 0.0282. The molecular formula is C22H21BrN4O4. The smallest absolute Gasteiger partial charge is 0.311 e. The van der Waals surface area contributed by atoms with Crippen molar-refractivity contribution in [2.75, 3.05) is 6.61 Å². The standard InChI is InChI=1S/C22H21BrN4O4/c1-4-11-31-20-15(7-6-8-19(20)27(29)30)13-24-26-21(14(3)5-2)25-18-10-9-16(23)12-17(18)22(26)28/h4,6-10,12-14H,1,5,11H2,2-3H3/t14-/m0/s1. The van der Waals surface area contributed by atoms with Gasteiger partial charge in [-0.25, -0.2) is 4.98 Å². The number of nitro benzene ring substituents is 1. The second kappa shape index (κ2) is 9.65. The predicted molar refractivity (Wildman–Crippen MR) is 124 cm³/mol. The Labute approximate surface area is 187 Å². The first kappa shape index (κ1) is 22.4. The molecule has 0 radical (unpaired) electrons. The number of nitro groups is 1. The number of aromatic nitrogens is 2. The largest absolute Gasteiger partial charge is 0.482 e. The summed E-state index contributed by atoms with van der Waals surface area (Å²) in [6.07, 6.45) is 3.63. The van der Waals surface area contributed by atoms with Crippen molar-refractivity contribution in [1.29, 1.82) is 0 Å². The maximum absolute atomic E-state index is 13.2. The molecule has 0 fully saturated rings. The Morgan fingerprint density at radius 2 is 2.16 bits per heavy atom. The highest BCUT2D eigenvalue weighted by Gasteiger charge is 2.19. The Balaban J connectivity index is 2.20. The Kier molecular flexibility index (Phi) is 6.96. The maximum Gasteiger partial charge on any atom is 0.311 e. The van der Waals surface area contributed by atoms with Crippen LogP contribution in [0.5, 0.6) is 5.75 Å². The number of ether oxygens (including phenoxy) is 1. The van der Waals surface area contributed by atoms with Crippen LogP contribution in [0, 0.1) is 10.1 Å². The Morgan fingerprint density at radius 3 is 2.84 bits per heavy atom. The van der Waals surface area contributed by atoms with Crippen LogP contribution in [0.2, 0.25) is 0 Å². The van der Waals surface area contributed by atoms with Gasteiger partial charge in [0.1, 0.15) is 12.4 Å². The van der Waals surface area contributed by atoms with Gasteiger partial charge in [-0.15, -0.1) is 0 Å². The summed E-state index contributed by atoms with van der Waals surface area (Å²) < 4.78 is 7.53. The van der Waals surface area contributed by atoms with Gasteiger partial charge in [0.15, 0.2) is 0 Å². The van der Waals surface area contributed by atoms with Crippen LogP contribution in [0.25, 0.3) is 10.9 Å². The average Bonchev–Trinajstić information content (AvgIpc) is 2.76. The number of nitrogens with zero attached hydrogens (tertiary/aromatic N) is 4. The molecule has 1 atom stereocenters. The van der Waals surface area contributed by atoms with Crippen molar-refractivity contribution in [3.8, 4) is 5.75 Å². The predicted octanol–water partition coefficient (Wildman–Crippen LogP) is 5.03. The third kappa shape index (κ3) is 4.72. The summed E-state index contributed by atoms with van der Waals surface area (Å²) in [5, 5.41) is 16.2. The summed E-state index contributed by atoms with van der Waals surface area (Å²) in [4.78, 5) is 28.8. The molecule has 8 nitrogen and oxygen atoms in total. The van der Waals surface area contributed by atoms with Gasteiger partial charge in [-0.05, 0) is 30.7 Å². The molecule has 0 saturated heterocycles. The number of halogens is 1. The molecule has 0 aliphatic rings. The molecule has 0 bridgehead atoms. The van der Waals surface area contributed by atoms with E-state index in [1.807, 2.05) is 19.9 Å². The van der Waals surface area contributed by atoms with E-state index in [1.165, 1.54) is 29.1 Å². The summed E-state index contributed by atoms with van der Waals surface area (Å²) in [6, 6.07) is 9.82. The highest BCUT2D eigenvalue weighted by Crippen LogP contribution is 2.30. The first-order valence-electron chi connectivity index (χ1n) is 9.65. The van der Waals surface area contributed by atoms with Gasteiger partial charge in [-0.2, -0.15) is 9.78 Å². The Bertz CT molecular complexity index is 1240. The van der Waals surface area contributed by atoms with E-state index in [0.29, 0.717) is 22.3 Å². The second-order valence-corrected chi connectivity index (χ2v) is 7.77. The SMILES string of the molecule is C=CCOc1c(C=Nn2c([C@@H](C)CC)nc3ccc(Br)cc3c2=O)cccc1[N+](=O)[O-]. The van der Waals surface area contributed by atoms with E-state index in [2.05, 4.69) is 32.6 Å². The number of para-hydroxylation sites is 1. The molecule has 0 amide bonds. The number of hydrogen-bond donors (Lipinski definition) is 0. The van der Waals surface area contributed by atoms with Gasteiger partial charge in [0.25, 0.3) is 5.56 Å². The van der Waals surface area contributed by atoms with Crippen molar-refractivity contribution in [2.24, 2.45) is 5.10 Å². The van der Waals surface area contributed by atoms with Crippen LogP contribution < -0.4 is 10.3 Å². The van der Waals surface area contributed by atoms with E-state index in [1.54, 1.807) is 18.2 Å². The van der Waals surface area contributed by atoms with Gasteiger partial charge >= 0.3 is 5.69 Å². The van der Waals surface area contributed by atoms with Crippen LogP contribution in [0.3, 0.4) is 0 Å². The highest BCUT2D eigenvalue weighted by molar-refractivity contribution is 9.10. The summed E-state index contributed by atoms with van der Waals surface area (Å²) >= 11 is 3.38. The summed E-state index contributed by atoms with van der Waals surface area (Å²) in [5.41, 5.74) is 0.436. The molecule has 0 saturated carbocycles. The zero-order valence-corrected chi connectivity index (χ0v) is 18.7. The molecule has 9 heteroatoms. The third-order valence-electron chi connectivity index (χ3n) is 4.77. The first-order chi connectivity index (χ1) is 14.9. The topological polar surface area (TPSA) is 99.6 Å². The molecule has 0 N–H and O–H groups in total. The van der Waals surface area contributed by atoms with Crippen LogP contribution in [0.4, 0.5) is 5.69 Å². The molecule has 2 aromatic carbocycles. The fourth-order valence-electron chi connectivity index (χ4n) is 2.99. The first-order valence-corrected chi connectivity index (χ1v) is 10.4. The van der Waals surface area contributed by atoms with Crippen molar-refractivity contribution in [3.63, 3.8) is 0 Å². The van der Waals surface area contributed by atoms with Gasteiger partial charge in [0.05, 0.1) is 22.0 Å². The molecule has 1 aromatic heterocycles. The minimum Gasteiger partial charge on any atom is -0.482 e. The zero-order chi connectivity index (χ0) is 22.5. The van der Waals surface area contributed by atoms with Gasteiger partial charge in [0, 0.05) is 22.0 Å². The molecule has 31 heavy (non-hydrogen) atoms. The Hall–Kier alpha value is -3.33. The lowest BCUT2D eigenvalue weighted by molar-refractivity contribution is -0.385. The lowest BCUT2D eigenvalue weighted by Crippen LogP contribution is -2.23. The molecular weight excluding hydrogens is 464 g/mol. The van der Waals surface area contributed by atoms with E-state index in [-0.39, 0.29) is 29.5 Å². The van der Waals surface area contributed by atoms with E-state index in [9.17, 15) is 14.9 Å². The average molecular weight is 485 g/mol. The van der Waals surface area contributed by atoms with Crippen LogP contribution in [0.1, 0.15) is 37.6 Å². The number of rotatable bonds is 8. The van der Waals surface area contributed by atoms with Crippen molar-refractivity contribution in [3.05, 3.63) is 85.4 Å². The molecule has 1 heterocycles. The zero-order valence-electron chi connectivity index (χ0n) is 17.1. The van der Waals surface area contributed by atoms with Crippen molar-refractivity contribution in [2.45, 2.75) is 26.2 Å². The van der Waals surface area contributed by atoms with E-state index in [0.717, 1.165) is 10.9 Å². The molecule has 3 aromatic rings. The van der Waals surface area contributed by atoms with Crippen molar-refractivity contribution < 1.29 is 9.66 Å². The third-order valence-corrected chi connectivity index (χ3v) is 5.26. The van der Waals surface area contributed by atoms with Crippen LogP contribution >= 0.6 is 15.9 Å². The highest BCUT2D eigenvalue weighted by atomic mass is 79.9. The lowest BCUT2D eigenvalue weighted by atomic mass is 10.1. The van der Waals surface area contributed by atoms with Crippen molar-refractivity contribution >= 4 is 38.7 Å². The Morgan fingerprint density at radius 1 is 1.39 bits per heavy atom. The normalized spacial score (nSPS) is 12.2. The molecule has 0 aliphatic carbocycles. The maximum atomic E-state index is 13.2. The fourth-order valence-corrected chi connectivity index (χ4v) is 3.35. The second-order valence-electron chi connectivity index (χ2n) is 6.85. The summed E-state index contributed by atoms with van der Waals surface area (Å²) in [6.45, 7) is 7.63. The fraction of sp³-hybridized carbons (Fsp3) is 0.227. The van der Waals surface area contributed by atoms with E-state index < -0.39 is 4.92 Å². The van der Waals surface area contributed by atoms with Gasteiger partial charge in [-0.3, -0.25) is 14.9 Å². The minimum atomic E-state index is -0.526. The van der Waals surface area contributed by atoms with Crippen LogP contribution in [0.15, 0.2) is 63.4 Å². The molecule has 0 spiro atoms. The molecule has 0 aliphatic heterocycles. The van der Waals surface area contributed by atoms with E-state index in [4.69, 9.17) is 4.74 Å². The van der Waals surface area contributed by atoms with Crippen LogP contribution in [-0.4, -0.2) is 27.4 Å². The van der Waals surface area contributed by atoms with Crippen molar-refractivity contribution in [1.82, 2.24) is 9.66 Å². The number of benzene rings is 2. The number of fused-ring (bicyclic) bond motifs is 1. The molecule has 160 valence electrons. The summed E-state index contributed by atoms with van der Waals surface area (Å²) in [7, 11) is 0. The molecule has 3 rings (SSSR count). The quantitative estimate of drug-likeness (QED) is 0.193. The van der Waals surface area contributed by atoms with E-state index >= 15 is 0 Å². The van der Waals surface area contributed by atoms with Crippen LogP contribution in [-0.2, 0) is 0 Å². The van der Waals surface area contributed by atoms with Gasteiger partial charge in [-0.1, -0.05) is 48.5 Å². The lowest BCUT2D eigenvalue weighted by Gasteiger charge is -2.14. The number of hydrogen-bond acceptors (Lipinski definition) is 6. The van der Waals surface area contributed by atoms with Gasteiger partial charge < -0.3 is 4.74 Å². The molecule has 0 unspecified atom stereocenters.